The number of carbonyl (C=O) groups excluding carboxylic acids is 2. The highest BCUT2D eigenvalue weighted by Crippen LogP contribution is 2.31. The van der Waals surface area contributed by atoms with Crippen LogP contribution in [0.3, 0.4) is 0 Å². The standard InChI is InChI=1S/C23H35N3O2/c1-17(2)16-24-22(27)21(19-9-5-6-10-19)25-12-14-26(15-13-25)23(28)20-11-7-4-8-18(20)3/h4,7-8,11,17,19,21H,5-6,9-10,12-16H2,1-3H3,(H,24,27)/t21-/m0/s1. The fourth-order valence-electron chi connectivity index (χ4n) is 4.55. The van der Waals surface area contributed by atoms with Crippen LogP contribution < -0.4 is 5.32 Å². The lowest BCUT2D eigenvalue weighted by molar-refractivity contribution is -0.129. The van der Waals surface area contributed by atoms with Gasteiger partial charge in [0.15, 0.2) is 0 Å². The zero-order valence-corrected chi connectivity index (χ0v) is 17.6. The summed E-state index contributed by atoms with van der Waals surface area (Å²) in [7, 11) is 0. The van der Waals surface area contributed by atoms with Crippen LogP contribution >= 0.6 is 0 Å². The predicted octanol–water partition coefficient (Wildman–Crippen LogP) is 3.08. The third-order valence-electron chi connectivity index (χ3n) is 6.17. The molecule has 1 saturated carbocycles. The second-order valence-corrected chi connectivity index (χ2v) is 8.77. The molecule has 1 saturated heterocycles. The average Bonchev–Trinajstić information content (AvgIpc) is 3.21. The Kier molecular flexibility index (Phi) is 7.11. The monoisotopic (exact) mass is 385 g/mol. The minimum atomic E-state index is -0.0445. The SMILES string of the molecule is Cc1ccccc1C(=O)N1CCN([C@H](C(=O)NCC(C)C)C2CCCC2)CC1. The van der Waals surface area contributed by atoms with E-state index in [9.17, 15) is 9.59 Å². The smallest absolute Gasteiger partial charge is 0.254 e. The van der Waals surface area contributed by atoms with Crippen molar-refractivity contribution >= 4 is 11.8 Å². The van der Waals surface area contributed by atoms with Gasteiger partial charge in [-0.15, -0.1) is 0 Å². The van der Waals surface area contributed by atoms with Gasteiger partial charge in [0, 0.05) is 38.3 Å². The summed E-state index contributed by atoms with van der Waals surface area (Å²) in [6.45, 7) is 9.89. The third-order valence-corrected chi connectivity index (χ3v) is 6.17. The van der Waals surface area contributed by atoms with Crippen molar-refractivity contribution in [3.05, 3.63) is 35.4 Å². The van der Waals surface area contributed by atoms with Gasteiger partial charge < -0.3 is 10.2 Å². The molecular weight excluding hydrogens is 350 g/mol. The molecule has 1 aromatic carbocycles. The van der Waals surface area contributed by atoms with E-state index in [1.807, 2.05) is 36.1 Å². The van der Waals surface area contributed by atoms with E-state index >= 15 is 0 Å². The minimum absolute atomic E-state index is 0.0445. The first kappa shape index (κ1) is 20.8. The summed E-state index contributed by atoms with van der Waals surface area (Å²) in [4.78, 5) is 30.1. The summed E-state index contributed by atoms with van der Waals surface area (Å²) in [5.41, 5.74) is 1.81. The molecule has 1 aromatic rings. The van der Waals surface area contributed by atoms with Gasteiger partial charge in [0.1, 0.15) is 0 Å². The number of aryl methyl sites for hydroxylation is 1. The lowest BCUT2D eigenvalue weighted by atomic mass is 9.94. The van der Waals surface area contributed by atoms with E-state index in [-0.39, 0.29) is 17.9 Å². The summed E-state index contributed by atoms with van der Waals surface area (Å²) in [6, 6.07) is 7.73. The Bertz CT molecular complexity index is 674. The van der Waals surface area contributed by atoms with Gasteiger partial charge in [-0.05, 0) is 43.2 Å². The van der Waals surface area contributed by atoms with E-state index in [1.54, 1.807) is 0 Å². The van der Waals surface area contributed by atoms with Crippen molar-refractivity contribution in [2.45, 2.75) is 52.5 Å². The van der Waals surface area contributed by atoms with Crippen LogP contribution in [-0.4, -0.2) is 60.4 Å². The Morgan fingerprint density at radius 2 is 1.71 bits per heavy atom. The zero-order valence-electron chi connectivity index (χ0n) is 17.6. The molecular formula is C23H35N3O2. The summed E-state index contributed by atoms with van der Waals surface area (Å²) < 4.78 is 0. The number of nitrogens with one attached hydrogen (secondary N) is 1. The van der Waals surface area contributed by atoms with E-state index in [2.05, 4.69) is 24.1 Å². The Morgan fingerprint density at radius 3 is 2.32 bits per heavy atom. The molecule has 1 N–H and O–H groups in total. The van der Waals surface area contributed by atoms with E-state index < -0.39 is 0 Å². The van der Waals surface area contributed by atoms with E-state index in [1.165, 1.54) is 12.8 Å². The molecule has 0 spiro atoms. The number of carbonyl (C=O) groups is 2. The lowest BCUT2D eigenvalue weighted by Crippen LogP contribution is -2.58. The highest BCUT2D eigenvalue weighted by Gasteiger charge is 2.37. The number of amides is 2. The summed E-state index contributed by atoms with van der Waals surface area (Å²) >= 11 is 0. The first-order valence-corrected chi connectivity index (χ1v) is 10.8. The fourth-order valence-corrected chi connectivity index (χ4v) is 4.55. The molecule has 28 heavy (non-hydrogen) atoms. The van der Waals surface area contributed by atoms with Crippen LogP contribution in [0.5, 0.6) is 0 Å². The van der Waals surface area contributed by atoms with Crippen molar-refractivity contribution in [3.63, 3.8) is 0 Å². The lowest BCUT2D eigenvalue weighted by Gasteiger charge is -2.41. The van der Waals surface area contributed by atoms with E-state index in [0.717, 1.165) is 43.6 Å². The molecule has 5 heteroatoms. The van der Waals surface area contributed by atoms with Crippen molar-refractivity contribution < 1.29 is 9.59 Å². The van der Waals surface area contributed by atoms with Crippen LogP contribution in [0.2, 0.25) is 0 Å². The average molecular weight is 386 g/mol. The van der Waals surface area contributed by atoms with Crippen molar-refractivity contribution in [2.24, 2.45) is 11.8 Å². The summed E-state index contributed by atoms with van der Waals surface area (Å²) in [6.07, 6.45) is 4.74. The maximum Gasteiger partial charge on any atom is 0.254 e. The van der Waals surface area contributed by atoms with Crippen molar-refractivity contribution in [3.8, 4) is 0 Å². The molecule has 0 bridgehead atoms. The second kappa shape index (κ2) is 9.55. The Morgan fingerprint density at radius 1 is 1.07 bits per heavy atom. The Labute approximate surface area is 169 Å². The van der Waals surface area contributed by atoms with Gasteiger partial charge in [-0.3, -0.25) is 14.5 Å². The fraction of sp³-hybridized carbons (Fsp3) is 0.652. The molecule has 1 heterocycles. The number of hydrogen-bond acceptors (Lipinski definition) is 3. The third kappa shape index (κ3) is 4.93. The number of rotatable bonds is 6. The molecule has 154 valence electrons. The molecule has 2 amide bonds. The maximum absolute atomic E-state index is 13.0. The van der Waals surface area contributed by atoms with Gasteiger partial charge in [0.25, 0.3) is 5.91 Å². The molecule has 0 unspecified atom stereocenters. The van der Waals surface area contributed by atoms with Crippen LogP contribution in [0, 0.1) is 18.8 Å². The van der Waals surface area contributed by atoms with Crippen LogP contribution in [0.1, 0.15) is 55.5 Å². The largest absolute Gasteiger partial charge is 0.354 e. The summed E-state index contributed by atoms with van der Waals surface area (Å²) in [5.74, 6) is 1.20. The van der Waals surface area contributed by atoms with Crippen molar-refractivity contribution in [1.29, 1.82) is 0 Å². The van der Waals surface area contributed by atoms with E-state index in [0.29, 0.717) is 24.9 Å². The van der Waals surface area contributed by atoms with E-state index in [4.69, 9.17) is 0 Å². The molecule has 2 aliphatic rings. The molecule has 0 radical (unpaired) electrons. The number of benzene rings is 1. The molecule has 2 fully saturated rings. The maximum atomic E-state index is 13.0. The number of nitrogens with zero attached hydrogens (tertiary/aromatic N) is 2. The number of hydrogen-bond donors (Lipinski definition) is 1. The van der Waals surface area contributed by atoms with Crippen LogP contribution in [0.4, 0.5) is 0 Å². The zero-order chi connectivity index (χ0) is 20.1. The molecule has 1 aliphatic carbocycles. The van der Waals surface area contributed by atoms with Crippen LogP contribution in [0.15, 0.2) is 24.3 Å². The quantitative estimate of drug-likeness (QED) is 0.819. The van der Waals surface area contributed by atoms with Gasteiger partial charge in [0.2, 0.25) is 5.91 Å². The van der Waals surface area contributed by atoms with Crippen molar-refractivity contribution in [2.75, 3.05) is 32.7 Å². The molecule has 5 nitrogen and oxygen atoms in total. The first-order valence-electron chi connectivity index (χ1n) is 10.8. The minimum Gasteiger partial charge on any atom is -0.354 e. The normalized spacial score (nSPS) is 19.8. The Balaban J connectivity index is 1.63. The first-order chi connectivity index (χ1) is 13.5. The van der Waals surface area contributed by atoms with Gasteiger partial charge in [-0.25, -0.2) is 0 Å². The molecule has 3 rings (SSSR count). The summed E-state index contributed by atoms with van der Waals surface area (Å²) in [5, 5.41) is 3.16. The van der Waals surface area contributed by atoms with Gasteiger partial charge >= 0.3 is 0 Å². The topological polar surface area (TPSA) is 52.7 Å². The Hall–Kier alpha value is -1.88. The molecule has 1 atom stereocenters. The highest BCUT2D eigenvalue weighted by atomic mass is 16.2. The second-order valence-electron chi connectivity index (χ2n) is 8.77. The van der Waals surface area contributed by atoms with Gasteiger partial charge in [0.05, 0.1) is 6.04 Å². The van der Waals surface area contributed by atoms with Gasteiger partial charge in [-0.1, -0.05) is 44.9 Å². The van der Waals surface area contributed by atoms with Crippen molar-refractivity contribution in [1.82, 2.24) is 15.1 Å². The molecule has 0 aromatic heterocycles. The molecule has 1 aliphatic heterocycles. The number of piperazine rings is 1. The van der Waals surface area contributed by atoms with Crippen LogP contribution in [-0.2, 0) is 4.79 Å². The van der Waals surface area contributed by atoms with Crippen LogP contribution in [0.25, 0.3) is 0 Å². The van der Waals surface area contributed by atoms with Gasteiger partial charge in [-0.2, -0.15) is 0 Å². The predicted molar refractivity (Wildman–Crippen MR) is 112 cm³/mol. The highest BCUT2D eigenvalue weighted by molar-refractivity contribution is 5.95.